The molecule has 1 aliphatic heterocycles. The van der Waals surface area contributed by atoms with Crippen LogP contribution in [0.4, 0.5) is 5.69 Å². The fraction of sp³-hybridized carbons (Fsp3) is 0.227. The van der Waals surface area contributed by atoms with Crippen molar-refractivity contribution in [2.75, 3.05) is 33.2 Å². The first kappa shape index (κ1) is 23.4. The molecule has 0 atom stereocenters. The quantitative estimate of drug-likeness (QED) is 0.340. The van der Waals surface area contributed by atoms with Crippen molar-refractivity contribution < 1.29 is 28.9 Å². The number of nitrogens with one attached hydrogen (secondary N) is 1. The average Bonchev–Trinajstić information content (AvgIpc) is 3.05. The highest BCUT2D eigenvalue weighted by atomic mass is 32.2. The van der Waals surface area contributed by atoms with Gasteiger partial charge in [-0.3, -0.25) is 14.5 Å². The molecule has 2 aromatic rings. The zero-order valence-electron chi connectivity index (χ0n) is 17.7. The summed E-state index contributed by atoms with van der Waals surface area (Å²) in [7, 11) is 4.54. The molecule has 1 saturated heterocycles. The fourth-order valence-electron chi connectivity index (χ4n) is 3.03. The summed E-state index contributed by atoms with van der Waals surface area (Å²) in [6.45, 7) is 0.122. The molecule has 1 fully saturated rings. The van der Waals surface area contributed by atoms with Gasteiger partial charge >= 0.3 is 0 Å². The Kier molecular flexibility index (Phi) is 7.60. The second-order valence-electron chi connectivity index (χ2n) is 6.61. The lowest BCUT2D eigenvalue weighted by Crippen LogP contribution is -2.31. The molecule has 2 aromatic carbocycles. The SMILES string of the molecule is COc1cc(/C=C2/SC(=S)N(CCC(=O)Nc3ccccc3O)C2=O)cc(OC)c1OC. The summed E-state index contributed by atoms with van der Waals surface area (Å²) < 4.78 is 16.4. The van der Waals surface area contributed by atoms with E-state index in [4.69, 9.17) is 26.4 Å². The van der Waals surface area contributed by atoms with Gasteiger partial charge in [0.05, 0.1) is 31.9 Å². The number of thioether (sulfide) groups is 1. The third-order valence-corrected chi connectivity index (χ3v) is 5.98. The van der Waals surface area contributed by atoms with Crippen LogP contribution in [-0.2, 0) is 9.59 Å². The predicted molar refractivity (Wildman–Crippen MR) is 127 cm³/mol. The van der Waals surface area contributed by atoms with Crippen molar-refractivity contribution in [2.24, 2.45) is 0 Å². The van der Waals surface area contributed by atoms with Crippen LogP contribution in [0.2, 0.25) is 0 Å². The summed E-state index contributed by atoms with van der Waals surface area (Å²) in [5, 5.41) is 12.4. The van der Waals surface area contributed by atoms with Gasteiger partial charge in [-0.15, -0.1) is 0 Å². The Bertz CT molecular complexity index is 1060. The molecule has 2 amide bonds. The molecule has 10 heteroatoms. The van der Waals surface area contributed by atoms with Gasteiger partial charge in [0.25, 0.3) is 5.91 Å². The number of phenolic OH excluding ortho intramolecular Hbond substituents is 1. The molecule has 0 bridgehead atoms. The van der Waals surface area contributed by atoms with Gasteiger partial charge in [-0.25, -0.2) is 0 Å². The third kappa shape index (κ3) is 5.14. The molecule has 3 rings (SSSR count). The zero-order chi connectivity index (χ0) is 23.3. The number of ether oxygens (including phenoxy) is 3. The summed E-state index contributed by atoms with van der Waals surface area (Å²) >= 11 is 6.49. The van der Waals surface area contributed by atoms with Crippen LogP contribution in [0.15, 0.2) is 41.3 Å². The maximum Gasteiger partial charge on any atom is 0.266 e. The lowest BCUT2D eigenvalue weighted by atomic mass is 10.1. The van der Waals surface area contributed by atoms with E-state index in [2.05, 4.69) is 5.32 Å². The summed E-state index contributed by atoms with van der Waals surface area (Å²) in [4.78, 5) is 26.9. The Labute approximate surface area is 195 Å². The number of benzene rings is 2. The number of para-hydroxylation sites is 2. The average molecular weight is 475 g/mol. The number of methoxy groups -OCH3 is 3. The third-order valence-electron chi connectivity index (χ3n) is 4.60. The molecule has 8 nitrogen and oxygen atoms in total. The number of rotatable bonds is 8. The minimum Gasteiger partial charge on any atom is -0.506 e. The number of nitrogens with zero attached hydrogens (tertiary/aromatic N) is 1. The maximum absolute atomic E-state index is 12.9. The topological polar surface area (TPSA) is 97.3 Å². The molecule has 2 N–H and O–H groups in total. The Morgan fingerprint density at radius 2 is 1.81 bits per heavy atom. The lowest BCUT2D eigenvalue weighted by molar-refractivity contribution is -0.122. The number of amides is 2. The van der Waals surface area contributed by atoms with E-state index in [9.17, 15) is 14.7 Å². The molecule has 1 aliphatic rings. The van der Waals surface area contributed by atoms with Gasteiger partial charge < -0.3 is 24.6 Å². The minimum absolute atomic E-state index is 0.0260. The van der Waals surface area contributed by atoms with E-state index >= 15 is 0 Å². The van der Waals surface area contributed by atoms with Crippen LogP contribution in [0.5, 0.6) is 23.0 Å². The number of aromatic hydroxyl groups is 1. The van der Waals surface area contributed by atoms with Gasteiger partial charge in [-0.05, 0) is 35.9 Å². The molecule has 0 unspecified atom stereocenters. The van der Waals surface area contributed by atoms with Crippen LogP contribution >= 0.6 is 24.0 Å². The highest BCUT2D eigenvalue weighted by molar-refractivity contribution is 8.26. The molecule has 0 spiro atoms. The van der Waals surface area contributed by atoms with E-state index in [0.29, 0.717) is 37.7 Å². The fourth-order valence-corrected chi connectivity index (χ4v) is 4.34. The molecule has 0 aromatic heterocycles. The van der Waals surface area contributed by atoms with Gasteiger partial charge in [0.1, 0.15) is 10.1 Å². The number of phenols is 1. The molecule has 0 radical (unpaired) electrons. The first-order valence-electron chi connectivity index (χ1n) is 9.51. The van der Waals surface area contributed by atoms with Crippen molar-refractivity contribution in [2.45, 2.75) is 6.42 Å². The summed E-state index contributed by atoms with van der Waals surface area (Å²) in [6, 6.07) is 9.89. The van der Waals surface area contributed by atoms with E-state index < -0.39 is 0 Å². The normalized spacial score (nSPS) is 14.6. The highest BCUT2D eigenvalue weighted by Crippen LogP contribution is 2.40. The zero-order valence-corrected chi connectivity index (χ0v) is 19.3. The molecular weight excluding hydrogens is 452 g/mol. The van der Waals surface area contributed by atoms with Crippen molar-refractivity contribution >= 4 is 51.9 Å². The standard InChI is InChI=1S/C22H22N2O6S2/c1-28-16-10-13(11-17(29-2)20(16)30-3)12-18-21(27)24(22(31)32-18)9-8-19(26)23-14-6-4-5-7-15(14)25/h4-7,10-12,25H,8-9H2,1-3H3,(H,23,26)/b18-12+. The van der Waals surface area contributed by atoms with Crippen LogP contribution in [-0.4, -0.2) is 54.0 Å². The smallest absolute Gasteiger partial charge is 0.266 e. The number of carbonyl (C=O) groups is 2. The van der Waals surface area contributed by atoms with Crippen LogP contribution in [0, 0.1) is 0 Å². The Morgan fingerprint density at radius 1 is 1.16 bits per heavy atom. The van der Waals surface area contributed by atoms with E-state index in [1.807, 2.05) is 0 Å². The van der Waals surface area contributed by atoms with Crippen molar-refractivity contribution in [3.63, 3.8) is 0 Å². The lowest BCUT2D eigenvalue weighted by Gasteiger charge is -2.14. The van der Waals surface area contributed by atoms with Crippen molar-refractivity contribution in [1.29, 1.82) is 0 Å². The van der Waals surface area contributed by atoms with Crippen molar-refractivity contribution in [3.05, 3.63) is 46.9 Å². The number of hydrogen-bond donors (Lipinski definition) is 2. The first-order chi connectivity index (χ1) is 15.4. The van der Waals surface area contributed by atoms with Crippen molar-refractivity contribution in [1.82, 2.24) is 4.90 Å². The second-order valence-corrected chi connectivity index (χ2v) is 8.28. The van der Waals surface area contributed by atoms with Gasteiger partial charge in [0.2, 0.25) is 11.7 Å². The van der Waals surface area contributed by atoms with Gasteiger partial charge in [0.15, 0.2) is 11.5 Å². The molecule has 0 aliphatic carbocycles. The number of anilines is 1. The number of carbonyl (C=O) groups excluding carboxylic acids is 2. The molecule has 1 heterocycles. The largest absolute Gasteiger partial charge is 0.506 e. The van der Waals surface area contributed by atoms with Crippen LogP contribution in [0.3, 0.4) is 0 Å². The van der Waals surface area contributed by atoms with Crippen LogP contribution in [0.1, 0.15) is 12.0 Å². The van der Waals surface area contributed by atoms with Gasteiger partial charge in [-0.2, -0.15) is 0 Å². The minimum atomic E-state index is -0.339. The molecule has 168 valence electrons. The first-order valence-corrected chi connectivity index (χ1v) is 10.7. The van der Waals surface area contributed by atoms with E-state index in [1.165, 1.54) is 32.3 Å². The summed E-state index contributed by atoms with van der Waals surface area (Å²) in [5.41, 5.74) is 0.988. The Morgan fingerprint density at radius 3 is 2.41 bits per heavy atom. The predicted octanol–water partition coefficient (Wildman–Crippen LogP) is 3.65. The van der Waals surface area contributed by atoms with Crippen LogP contribution < -0.4 is 19.5 Å². The maximum atomic E-state index is 12.9. The van der Waals surface area contributed by atoms with E-state index in [0.717, 1.165) is 11.8 Å². The van der Waals surface area contributed by atoms with E-state index in [1.54, 1.807) is 36.4 Å². The number of hydrogen-bond acceptors (Lipinski definition) is 8. The molecular formula is C22H22N2O6S2. The monoisotopic (exact) mass is 474 g/mol. The summed E-state index contributed by atoms with van der Waals surface area (Å²) in [5.74, 6) is 0.733. The Hall–Kier alpha value is -3.24. The summed E-state index contributed by atoms with van der Waals surface area (Å²) in [6.07, 6.45) is 1.71. The van der Waals surface area contributed by atoms with Crippen LogP contribution in [0.25, 0.3) is 6.08 Å². The Balaban J connectivity index is 1.71. The van der Waals surface area contributed by atoms with Gasteiger partial charge in [0, 0.05) is 13.0 Å². The molecule has 32 heavy (non-hydrogen) atoms. The highest BCUT2D eigenvalue weighted by Gasteiger charge is 2.32. The van der Waals surface area contributed by atoms with Crippen molar-refractivity contribution in [3.8, 4) is 23.0 Å². The van der Waals surface area contributed by atoms with E-state index in [-0.39, 0.29) is 30.5 Å². The number of thiocarbonyl (C=S) groups is 1. The van der Waals surface area contributed by atoms with Gasteiger partial charge in [-0.1, -0.05) is 36.1 Å². The molecule has 0 saturated carbocycles. The second kappa shape index (κ2) is 10.4.